The molecule has 1 aromatic heterocycles. The predicted octanol–water partition coefficient (Wildman–Crippen LogP) is -2.46. The summed E-state index contributed by atoms with van der Waals surface area (Å²) < 4.78 is 34.8. The van der Waals surface area contributed by atoms with Crippen LogP contribution in [-0.4, -0.2) is 70.8 Å². The molecule has 2 atom stereocenters. The maximum absolute atomic E-state index is 12.9. The van der Waals surface area contributed by atoms with E-state index in [9.17, 15) is 27.4 Å². The van der Waals surface area contributed by atoms with Crippen LogP contribution in [0.1, 0.15) is 11.3 Å². The first-order valence-corrected chi connectivity index (χ1v) is 12.2. The molecule has 0 aliphatic carbocycles. The van der Waals surface area contributed by atoms with Crippen molar-refractivity contribution in [1.82, 2.24) is 14.6 Å². The van der Waals surface area contributed by atoms with Crippen LogP contribution in [0, 0.1) is 0 Å². The monoisotopic (exact) mass is 549 g/mol. The molecule has 1 saturated heterocycles. The van der Waals surface area contributed by atoms with Crippen LogP contribution in [0.2, 0.25) is 0 Å². The van der Waals surface area contributed by atoms with Gasteiger partial charge in [0.15, 0.2) is 21.1 Å². The molecule has 0 bridgehead atoms. The fraction of sp³-hybridized carbons (Fsp3) is 0.211. The number of hydrogen-bond acceptors (Lipinski definition) is 10. The zero-order valence-electron chi connectivity index (χ0n) is 18.4. The minimum atomic E-state index is -5.12. The number of carbonyl (C=O) groups is 3. The van der Waals surface area contributed by atoms with Gasteiger partial charge in [-0.05, 0) is 5.56 Å². The molecule has 1 aromatic carbocycles. The Morgan fingerprint density at radius 1 is 1.34 bits per heavy atom. The SMILES string of the molecule is CON=C(C(=O)N[C@@H]1C(=O)N(S(=O)(=O)[O-])[C@@H]1/C=C/c1ccccc1)c1csc(NC(=O)CCl)n1.[Na+]. The molecule has 12 nitrogen and oxygen atoms in total. The van der Waals surface area contributed by atoms with Gasteiger partial charge in [-0.25, -0.2) is 17.7 Å². The van der Waals surface area contributed by atoms with Crippen molar-refractivity contribution in [1.29, 1.82) is 0 Å². The van der Waals surface area contributed by atoms with E-state index < -0.39 is 40.1 Å². The number of oxime groups is 1. The smallest absolute Gasteiger partial charge is 0.731 e. The number of nitrogens with one attached hydrogen (secondary N) is 2. The second kappa shape index (κ2) is 12.6. The van der Waals surface area contributed by atoms with Gasteiger partial charge in [0.2, 0.25) is 5.91 Å². The quantitative estimate of drug-likeness (QED) is 0.0866. The molecule has 2 heterocycles. The summed E-state index contributed by atoms with van der Waals surface area (Å²) in [6.45, 7) is 0. The van der Waals surface area contributed by atoms with Gasteiger partial charge in [-0.1, -0.05) is 47.6 Å². The number of anilines is 1. The van der Waals surface area contributed by atoms with Crippen molar-refractivity contribution >= 4 is 67.9 Å². The predicted molar refractivity (Wildman–Crippen MR) is 123 cm³/mol. The van der Waals surface area contributed by atoms with E-state index in [-0.39, 0.29) is 56.3 Å². The minimum absolute atomic E-state index is 0. The summed E-state index contributed by atoms with van der Waals surface area (Å²) in [5.74, 6) is -2.82. The zero-order chi connectivity index (χ0) is 24.9. The number of thiazole rings is 1. The van der Waals surface area contributed by atoms with Crippen LogP contribution in [0.25, 0.3) is 6.08 Å². The van der Waals surface area contributed by atoms with Gasteiger partial charge in [0.25, 0.3) is 11.8 Å². The molecule has 1 aliphatic rings. The van der Waals surface area contributed by atoms with Crippen LogP contribution in [0.3, 0.4) is 0 Å². The Morgan fingerprint density at radius 3 is 2.63 bits per heavy atom. The Kier molecular flexibility index (Phi) is 10.4. The normalized spacial score (nSPS) is 18.0. The summed E-state index contributed by atoms with van der Waals surface area (Å²) >= 11 is 6.43. The van der Waals surface area contributed by atoms with E-state index in [1.165, 1.54) is 24.6 Å². The van der Waals surface area contributed by atoms with Crippen molar-refractivity contribution < 1.29 is 61.7 Å². The molecule has 0 radical (unpaired) electrons. The molecule has 1 fully saturated rings. The maximum Gasteiger partial charge on any atom is 1.00 e. The van der Waals surface area contributed by atoms with E-state index in [0.717, 1.165) is 11.3 Å². The molecule has 2 N–H and O–H groups in total. The van der Waals surface area contributed by atoms with Crippen molar-refractivity contribution in [2.75, 3.05) is 18.3 Å². The first-order chi connectivity index (χ1) is 16.2. The molecular formula is C19H17ClN5NaO7S2. The van der Waals surface area contributed by atoms with Gasteiger partial charge in [0, 0.05) is 5.38 Å². The van der Waals surface area contributed by atoms with Crippen LogP contribution in [0.15, 0.2) is 46.9 Å². The molecule has 180 valence electrons. The summed E-state index contributed by atoms with van der Waals surface area (Å²) in [5.41, 5.74) is 0.364. The number of β-lactam (4-membered cyclic amide) rings is 1. The minimum Gasteiger partial charge on any atom is -0.731 e. The zero-order valence-corrected chi connectivity index (χ0v) is 22.8. The van der Waals surface area contributed by atoms with Crippen molar-refractivity contribution in [2.24, 2.45) is 5.16 Å². The number of benzene rings is 1. The fourth-order valence-corrected chi connectivity index (χ4v) is 4.55. The molecule has 0 unspecified atom stereocenters. The van der Waals surface area contributed by atoms with Gasteiger partial charge in [0.05, 0.1) is 6.04 Å². The fourth-order valence-electron chi connectivity index (χ4n) is 2.95. The van der Waals surface area contributed by atoms with Gasteiger partial charge >= 0.3 is 29.6 Å². The number of amides is 3. The van der Waals surface area contributed by atoms with Crippen molar-refractivity contribution in [3.05, 3.63) is 53.0 Å². The first-order valence-electron chi connectivity index (χ1n) is 9.41. The summed E-state index contributed by atoms with van der Waals surface area (Å²) in [5, 5.41) is 9.94. The summed E-state index contributed by atoms with van der Waals surface area (Å²) in [4.78, 5) is 45.4. The van der Waals surface area contributed by atoms with Crippen LogP contribution >= 0.6 is 22.9 Å². The van der Waals surface area contributed by atoms with Crippen molar-refractivity contribution in [3.63, 3.8) is 0 Å². The topological polar surface area (TPSA) is 170 Å². The van der Waals surface area contributed by atoms with Gasteiger partial charge < -0.3 is 20.0 Å². The number of carbonyl (C=O) groups excluding carboxylic acids is 3. The summed E-state index contributed by atoms with van der Waals surface area (Å²) in [7, 11) is -3.93. The Labute approximate surface area is 231 Å². The second-order valence-electron chi connectivity index (χ2n) is 6.65. The number of nitrogens with zero attached hydrogens (tertiary/aromatic N) is 3. The first kappa shape index (κ1) is 28.9. The Balaban J connectivity index is 0.00000432. The van der Waals surface area contributed by atoms with Crippen LogP contribution in [-0.2, 0) is 29.5 Å². The van der Waals surface area contributed by atoms with Crippen LogP contribution < -0.4 is 40.2 Å². The van der Waals surface area contributed by atoms with E-state index in [2.05, 4.69) is 25.6 Å². The third kappa shape index (κ3) is 7.10. The van der Waals surface area contributed by atoms with E-state index in [1.807, 2.05) is 0 Å². The second-order valence-corrected chi connectivity index (χ2v) is 9.02. The van der Waals surface area contributed by atoms with Gasteiger partial charge in [-0.15, -0.1) is 22.9 Å². The third-order valence-corrected chi connectivity index (χ3v) is 6.33. The molecule has 0 spiro atoms. The standard InChI is InChI=1S/C19H18ClN5O7S2.Na/c1-32-24-15(12-10-33-19(21-12)22-14(26)9-20)17(27)23-16-13(25(18(16)28)34(29,30)31)8-7-11-5-3-2-4-6-11;/h2-8,10,13,16H,9H2,1H3,(H,23,27)(H,21,22,26)(H,29,30,31);/q;+1/p-1/b8-7+,24-15?;/t13-,16+;/m1./s1. The molecule has 3 rings (SSSR count). The number of hydrogen-bond donors (Lipinski definition) is 2. The molecular weight excluding hydrogens is 533 g/mol. The Bertz CT molecular complexity index is 1250. The third-order valence-electron chi connectivity index (χ3n) is 4.42. The molecule has 35 heavy (non-hydrogen) atoms. The number of alkyl halides is 1. The van der Waals surface area contributed by atoms with Crippen molar-refractivity contribution in [3.8, 4) is 0 Å². The van der Waals surface area contributed by atoms with Gasteiger partial charge in [-0.3, -0.25) is 14.4 Å². The number of halogens is 1. The van der Waals surface area contributed by atoms with Crippen LogP contribution in [0.4, 0.5) is 5.13 Å². The Morgan fingerprint density at radius 2 is 2.03 bits per heavy atom. The van der Waals surface area contributed by atoms with E-state index in [0.29, 0.717) is 5.56 Å². The van der Waals surface area contributed by atoms with E-state index in [1.54, 1.807) is 30.3 Å². The van der Waals surface area contributed by atoms with Gasteiger partial charge in [-0.2, -0.15) is 0 Å². The number of aromatic nitrogens is 1. The molecule has 16 heteroatoms. The van der Waals surface area contributed by atoms with Crippen molar-refractivity contribution in [2.45, 2.75) is 12.1 Å². The van der Waals surface area contributed by atoms with E-state index >= 15 is 0 Å². The molecule has 1 aliphatic heterocycles. The summed E-state index contributed by atoms with van der Waals surface area (Å²) in [6.07, 6.45) is 2.85. The average Bonchev–Trinajstić information content (AvgIpc) is 3.25. The molecule has 3 amide bonds. The number of rotatable bonds is 9. The van der Waals surface area contributed by atoms with E-state index in [4.69, 9.17) is 11.6 Å². The molecule has 0 saturated carbocycles. The largest absolute Gasteiger partial charge is 1.00 e. The van der Waals surface area contributed by atoms with Gasteiger partial charge in [0.1, 0.15) is 24.7 Å². The Hall–Kier alpha value is -2.33. The molecule has 2 aromatic rings. The van der Waals surface area contributed by atoms with Crippen LogP contribution in [0.5, 0.6) is 0 Å². The summed E-state index contributed by atoms with van der Waals surface area (Å²) in [6, 6.07) is 6.13. The average molecular weight is 550 g/mol. The maximum atomic E-state index is 12.9.